The largest absolute Gasteiger partial charge is 0.481 e. The summed E-state index contributed by atoms with van der Waals surface area (Å²) in [6.45, 7) is 14.7. The Bertz CT molecular complexity index is 1220. The molecule has 0 bridgehead atoms. The molecule has 5 aliphatic carbocycles. The van der Waals surface area contributed by atoms with Gasteiger partial charge in [0.1, 0.15) is 12.1 Å². The van der Waals surface area contributed by atoms with Crippen molar-refractivity contribution in [1.82, 2.24) is 4.84 Å². The Balaban J connectivity index is 1.25. The second kappa shape index (κ2) is 10.5. The first-order valence-corrected chi connectivity index (χ1v) is 17.6. The van der Waals surface area contributed by atoms with Gasteiger partial charge in [0, 0.05) is 17.8 Å². The molecule has 9 nitrogen and oxygen atoms in total. The van der Waals surface area contributed by atoms with E-state index in [0.717, 1.165) is 38.5 Å². The average Bonchev–Trinajstić information content (AvgIpc) is 3.27. The van der Waals surface area contributed by atoms with Crippen molar-refractivity contribution in [2.75, 3.05) is 0 Å². The number of nitrogens with one attached hydrogen (secondary N) is 1. The zero-order valence-electron chi connectivity index (χ0n) is 28.2. The highest BCUT2D eigenvalue weighted by atomic mass is 35.5. The third-order valence-corrected chi connectivity index (χ3v) is 15.3. The van der Waals surface area contributed by atoms with Crippen LogP contribution in [0.5, 0.6) is 0 Å². The highest BCUT2D eigenvalue weighted by Crippen LogP contribution is 2.89. The van der Waals surface area contributed by atoms with E-state index in [1.165, 1.54) is 0 Å². The molecule has 1 unspecified atom stereocenters. The van der Waals surface area contributed by atoms with Gasteiger partial charge in [0.15, 0.2) is 0 Å². The summed E-state index contributed by atoms with van der Waals surface area (Å²) in [6.07, 6.45) is 5.69. The molecule has 13 atom stereocenters. The van der Waals surface area contributed by atoms with Gasteiger partial charge < -0.3 is 29.9 Å². The van der Waals surface area contributed by atoms with Gasteiger partial charge in [-0.15, -0.1) is 0 Å². The van der Waals surface area contributed by atoms with Crippen LogP contribution < -0.4 is 4.84 Å². The third kappa shape index (κ3) is 4.63. The molecule has 5 saturated carbocycles. The number of carboxylic acids is 1. The summed E-state index contributed by atoms with van der Waals surface area (Å²) in [5.74, 6) is -1.37. The van der Waals surface area contributed by atoms with Crippen molar-refractivity contribution < 1.29 is 39.5 Å². The highest BCUT2D eigenvalue weighted by Gasteiger charge is 2.85. The van der Waals surface area contributed by atoms with E-state index in [-0.39, 0.29) is 58.4 Å². The maximum absolute atomic E-state index is 13.1. The zero-order valence-corrected chi connectivity index (χ0v) is 29.0. The van der Waals surface area contributed by atoms with E-state index in [1.807, 2.05) is 0 Å². The van der Waals surface area contributed by atoms with Gasteiger partial charge in [-0.25, -0.2) is 4.84 Å². The number of hydrogen-bond donors (Lipinski definition) is 5. The lowest BCUT2D eigenvalue weighted by Crippen LogP contribution is -2.62. The molecule has 0 radical (unpaired) electrons. The van der Waals surface area contributed by atoms with E-state index in [9.17, 15) is 24.9 Å². The molecule has 0 aromatic rings. The Hall–Kier alpha value is -0.970. The first kappa shape index (κ1) is 33.9. The van der Waals surface area contributed by atoms with E-state index in [4.69, 9.17) is 26.4 Å². The van der Waals surface area contributed by atoms with Crippen LogP contribution in [0.1, 0.15) is 119 Å². The van der Waals surface area contributed by atoms with Crippen LogP contribution in [-0.2, 0) is 19.1 Å². The predicted molar refractivity (Wildman–Crippen MR) is 168 cm³/mol. The lowest BCUT2D eigenvalue weighted by atomic mass is 9.41. The minimum Gasteiger partial charge on any atom is -0.481 e. The normalized spacial score (nSPS) is 50.5. The number of carbonyl (C=O) groups is 2. The molecule has 0 amide bonds. The van der Waals surface area contributed by atoms with Crippen molar-refractivity contribution in [1.29, 1.82) is 0 Å². The third-order valence-electron chi connectivity index (χ3n) is 15.1. The molecule has 256 valence electrons. The van der Waals surface area contributed by atoms with Gasteiger partial charge in [0.2, 0.25) is 0 Å². The number of aliphatic hydroxyl groups excluding tert-OH is 2. The molecule has 1 heterocycles. The molecule has 1 aliphatic heterocycles. The number of ether oxygens (including phenoxy) is 2. The number of rotatable bonds is 8. The van der Waals surface area contributed by atoms with E-state index in [2.05, 4.69) is 39.5 Å². The van der Waals surface area contributed by atoms with Crippen molar-refractivity contribution in [3.8, 4) is 0 Å². The number of carboxylic acid groups (broad SMARTS) is 1. The smallest absolute Gasteiger partial charge is 0.324 e. The van der Waals surface area contributed by atoms with Gasteiger partial charge >= 0.3 is 11.9 Å². The van der Waals surface area contributed by atoms with E-state index >= 15 is 0 Å². The molecule has 5 N–H and O–H groups in total. The predicted octanol–water partition coefficient (Wildman–Crippen LogP) is 4.96. The first-order chi connectivity index (χ1) is 20.7. The van der Waals surface area contributed by atoms with E-state index in [1.54, 1.807) is 13.8 Å². The molecule has 45 heavy (non-hydrogen) atoms. The van der Waals surface area contributed by atoms with Crippen molar-refractivity contribution in [2.24, 2.45) is 44.8 Å². The molecular weight excluding hydrogens is 598 g/mol. The summed E-state index contributed by atoms with van der Waals surface area (Å²) < 4.78 is 12.7. The van der Waals surface area contributed by atoms with Crippen LogP contribution in [0.15, 0.2) is 0 Å². The highest BCUT2D eigenvalue weighted by molar-refractivity contribution is 6.14. The minimum absolute atomic E-state index is 0.0347. The number of esters is 1. The number of hydrogen-bond acceptors (Lipinski definition) is 8. The van der Waals surface area contributed by atoms with Crippen LogP contribution in [0.4, 0.5) is 0 Å². The standard InChI is InChI=1S/C35H56ClNO8/c1-29(2)23(44-28(42)19(37-36)8-9-25(40)41)11-13-35-18-34(35)15-14-31(5)27(33(7)12-10-24(45-33)30(3,4)43)21(39)17-32(31,6)22(34)16-20(38)26(29)35/h19-24,26-27,37-39,43H,8-18H2,1-7H3,(H,40,41)/t19-,20-,21-,22?,23-,24-,26-,27-,31+,32-,33+,34-,35+/m0/s1. The summed E-state index contributed by atoms with van der Waals surface area (Å²) in [6, 6.07) is -0.912. The van der Waals surface area contributed by atoms with Gasteiger partial charge in [-0.3, -0.25) is 9.59 Å². The maximum Gasteiger partial charge on any atom is 0.324 e. The quantitative estimate of drug-likeness (QED) is 0.181. The van der Waals surface area contributed by atoms with Crippen LogP contribution in [0.2, 0.25) is 0 Å². The lowest BCUT2D eigenvalue weighted by Gasteiger charge is -2.64. The number of halogens is 1. The fraction of sp³-hybridized carbons (Fsp3) is 0.943. The van der Waals surface area contributed by atoms with Gasteiger partial charge in [0.05, 0.1) is 29.5 Å². The monoisotopic (exact) mass is 653 g/mol. The van der Waals surface area contributed by atoms with Crippen molar-refractivity contribution >= 4 is 23.7 Å². The van der Waals surface area contributed by atoms with Crippen molar-refractivity contribution in [3.63, 3.8) is 0 Å². The molecule has 0 aromatic heterocycles. The topological polar surface area (TPSA) is 146 Å². The van der Waals surface area contributed by atoms with Gasteiger partial charge in [-0.2, -0.15) is 0 Å². The summed E-state index contributed by atoms with van der Waals surface area (Å²) in [5.41, 5.74) is -2.26. The number of aliphatic hydroxyl groups is 3. The van der Waals surface area contributed by atoms with Gasteiger partial charge in [-0.05, 0) is 130 Å². The molecule has 6 fully saturated rings. The van der Waals surface area contributed by atoms with Gasteiger partial charge in [-0.1, -0.05) is 27.7 Å². The minimum atomic E-state index is -1.000. The fourth-order valence-electron chi connectivity index (χ4n) is 13.0. The SMILES string of the molecule is CC(C)(O)[C@@H]1CC[C@](C)([C@H]2[C@@H](O)C[C@@]3(C)C4C[C@H](O)[C@H]5C(C)(C)[C@@H](OC(=O)[C@H](CCC(=O)O)NCl)CC[C@@]56C[C@@]46CC[C@]23C)O1. The van der Waals surface area contributed by atoms with Crippen molar-refractivity contribution in [3.05, 3.63) is 0 Å². The number of fused-ring (bicyclic) bond motifs is 2. The Kier molecular flexibility index (Phi) is 7.92. The number of aliphatic carboxylic acids is 1. The van der Waals surface area contributed by atoms with Crippen LogP contribution in [0.3, 0.4) is 0 Å². The van der Waals surface area contributed by atoms with Crippen LogP contribution in [0.25, 0.3) is 0 Å². The van der Waals surface area contributed by atoms with Crippen LogP contribution >= 0.6 is 11.8 Å². The Labute approximate surface area is 273 Å². The second-order valence-corrected chi connectivity index (χ2v) is 18.1. The summed E-state index contributed by atoms with van der Waals surface area (Å²) in [5, 5.41) is 43.8. The van der Waals surface area contributed by atoms with Crippen molar-refractivity contribution in [2.45, 2.75) is 161 Å². The Morgan fingerprint density at radius 2 is 1.67 bits per heavy atom. The fourth-order valence-corrected chi connectivity index (χ4v) is 13.2. The van der Waals surface area contributed by atoms with Gasteiger partial charge in [0.25, 0.3) is 0 Å². The molecule has 0 aromatic carbocycles. The van der Waals surface area contributed by atoms with Crippen LogP contribution in [-0.4, -0.2) is 74.0 Å². The lowest BCUT2D eigenvalue weighted by molar-refractivity contribution is -0.218. The molecule has 10 heteroatoms. The Morgan fingerprint density at radius 3 is 2.27 bits per heavy atom. The maximum atomic E-state index is 13.1. The summed E-state index contributed by atoms with van der Waals surface area (Å²) >= 11 is 5.82. The van der Waals surface area contributed by atoms with E-state index < -0.39 is 52.9 Å². The molecule has 6 aliphatic rings. The molecule has 1 saturated heterocycles. The summed E-state index contributed by atoms with van der Waals surface area (Å²) in [4.78, 5) is 26.6. The second-order valence-electron chi connectivity index (χ2n) is 17.9. The zero-order chi connectivity index (χ0) is 33.2. The first-order valence-electron chi connectivity index (χ1n) is 17.3. The van der Waals surface area contributed by atoms with E-state index in [0.29, 0.717) is 19.3 Å². The Morgan fingerprint density at radius 1 is 0.978 bits per heavy atom. The average molecular weight is 654 g/mol. The number of carbonyl (C=O) groups excluding carboxylic acids is 1. The molecular formula is C35H56ClNO8. The molecule has 6 rings (SSSR count). The summed E-state index contributed by atoms with van der Waals surface area (Å²) in [7, 11) is 0. The van der Waals surface area contributed by atoms with Crippen LogP contribution in [0, 0.1) is 44.8 Å². The molecule has 2 spiro atoms.